The molecule has 0 saturated carbocycles. The third kappa shape index (κ3) is 3.35. The molecule has 2 rings (SSSR count). The number of ether oxygens (including phenoxy) is 1. The van der Waals surface area contributed by atoms with Crippen LogP contribution in [0.25, 0.3) is 0 Å². The third-order valence-corrected chi connectivity index (χ3v) is 6.29. The normalized spacial score (nSPS) is 25.6. The second kappa shape index (κ2) is 5.88. The van der Waals surface area contributed by atoms with Crippen molar-refractivity contribution >= 4 is 21.4 Å². The van der Waals surface area contributed by atoms with Gasteiger partial charge in [0.05, 0.1) is 12.2 Å². The largest absolute Gasteiger partial charge is 0.373 e. The maximum absolute atomic E-state index is 12.6. The molecule has 0 radical (unpaired) electrons. The molecule has 2 heterocycles. The fraction of sp³-hybridized carbons (Fsp3) is 0.667. The minimum Gasteiger partial charge on any atom is -0.373 e. The summed E-state index contributed by atoms with van der Waals surface area (Å²) in [5.41, 5.74) is 1.00. The summed E-state index contributed by atoms with van der Waals surface area (Å²) >= 11 is 1.28. The van der Waals surface area contributed by atoms with Crippen LogP contribution in [0.2, 0.25) is 0 Å². The van der Waals surface area contributed by atoms with Gasteiger partial charge in [0.25, 0.3) is 10.0 Å². The van der Waals surface area contributed by atoms with Gasteiger partial charge in [-0.1, -0.05) is 0 Å². The Bertz CT molecular complexity index is 517. The van der Waals surface area contributed by atoms with Gasteiger partial charge in [-0.2, -0.15) is 4.31 Å². The molecule has 1 saturated heterocycles. The van der Waals surface area contributed by atoms with Crippen molar-refractivity contribution in [1.29, 1.82) is 0 Å². The summed E-state index contributed by atoms with van der Waals surface area (Å²) in [5.74, 6) is 0. The van der Waals surface area contributed by atoms with Crippen LogP contribution >= 0.6 is 11.3 Å². The molecular formula is C12H20N2O3S2. The quantitative estimate of drug-likeness (QED) is 0.910. The lowest BCUT2D eigenvalue weighted by molar-refractivity contribution is -0.0440. The summed E-state index contributed by atoms with van der Waals surface area (Å²) in [5, 5.41) is 4.91. The van der Waals surface area contributed by atoms with Crippen LogP contribution in [0.4, 0.5) is 0 Å². The molecule has 1 aliphatic rings. The van der Waals surface area contributed by atoms with E-state index in [1.807, 2.05) is 26.3 Å². The number of hydrogen-bond acceptors (Lipinski definition) is 5. The maximum Gasteiger partial charge on any atom is 0.252 e. The van der Waals surface area contributed by atoms with E-state index in [2.05, 4.69) is 5.32 Å². The fourth-order valence-electron chi connectivity index (χ4n) is 2.24. The van der Waals surface area contributed by atoms with Gasteiger partial charge in [-0.3, -0.25) is 0 Å². The third-order valence-electron chi connectivity index (χ3n) is 2.99. The minimum atomic E-state index is -3.38. The van der Waals surface area contributed by atoms with E-state index in [1.54, 1.807) is 6.07 Å². The lowest BCUT2D eigenvalue weighted by atomic mass is 10.3. The van der Waals surface area contributed by atoms with Crippen LogP contribution in [0.3, 0.4) is 0 Å². The van der Waals surface area contributed by atoms with Crippen molar-refractivity contribution in [3.05, 3.63) is 17.0 Å². The van der Waals surface area contributed by atoms with Crippen LogP contribution in [0, 0.1) is 0 Å². The van der Waals surface area contributed by atoms with Crippen molar-refractivity contribution in [2.75, 3.05) is 20.1 Å². The first kappa shape index (κ1) is 14.9. The SMILES string of the molecule is CNCc1csc(S(=O)(=O)N2CC(C)OC(C)C2)c1. The molecule has 5 nitrogen and oxygen atoms in total. The first-order valence-corrected chi connectivity index (χ1v) is 8.63. The summed E-state index contributed by atoms with van der Waals surface area (Å²) in [6, 6.07) is 1.75. The Morgan fingerprint density at radius 3 is 2.63 bits per heavy atom. The summed E-state index contributed by atoms with van der Waals surface area (Å²) in [7, 11) is -1.54. The molecule has 7 heteroatoms. The molecule has 1 aromatic rings. The number of morpholine rings is 1. The molecule has 0 aliphatic carbocycles. The summed E-state index contributed by atoms with van der Waals surface area (Å²) in [4.78, 5) is 0. The van der Waals surface area contributed by atoms with E-state index in [9.17, 15) is 8.42 Å². The van der Waals surface area contributed by atoms with Crippen LogP contribution in [-0.2, 0) is 21.3 Å². The van der Waals surface area contributed by atoms with Crippen molar-refractivity contribution in [3.63, 3.8) is 0 Å². The molecule has 0 aromatic carbocycles. The number of nitrogens with one attached hydrogen (secondary N) is 1. The number of thiophene rings is 1. The van der Waals surface area contributed by atoms with Crippen molar-refractivity contribution in [1.82, 2.24) is 9.62 Å². The van der Waals surface area contributed by atoms with Gasteiger partial charge < -0.3 is 10.1 Å². The lowest BCUT2D eigenvalue weighted by Gasteiger charge is -2.34. The smallest absolute Gasteiger partial charge is 0.252 e. The Kier molecular flexibility index (Phi) is 4.62. The summed E-state index contributed by atoms with van der Waals surface area (Å²) < 4.78 is 32.6. The minimum absolute atomic E-state index is 0.0599. The van der Waals surface area contributed by atoms with Crippen LogP contribution in [0.5, 0.6) is 0 Å². The first-order chi connectivity index (χ1) is 8.93. The van der Waals surface area contributed by atoms with Gasteiger partial charge >= 0.3 is 0 Å². The van der Waals surface area contributed by atoms with Crippen LogP contribution in [-0.4, -0.2) is 45.1 Å². The molecule has 1 fully saturated rings. The molecule has 1 N–H and O–H groups in total. The zero-order valence-corrected chi connectivity index (χ0v) is 13.1. The van der Waals surface area contributed by atoms with Gasteiger partial charge in [-0.25, -0.2) is 8.42 Å². The maximum atomic E-state index is 12.6. The zero-order valence-electron chi connectivity index (χ0n) is 11.4. The molecule has 1 aromatic heterocycles. The Labute approximate surface area is 118 Å². The van der Waals surface area contributed by atoms with E-state index in [0.717, 1.165) is 5.56 Å². The standard InChI is InChI=1S/C12H20N2O3S2/c1-9-6-14(7-10(2)17-9)19(15,16)12-4-11(5-13-3)8-18-12/h4,8-10,13H,5-7H2,1-3H3. The predicted octanol–water partition coefficient (Wildman–Crippen LogP) is 1.27. The second-order valence-electron chi connectivity index (χ2n) is 4.88. The molecule has 0 amide bonds. The molecule has 2 atom stereocenters. The molecule has 0 bridgehead atoms. The molecule has 19 heavy (non-hydrogen) atoms. The highest BCUT2D eigenvalue weighted by atomic mass is 32.2. The number of sulfonamides is 1. The van der Waals surface area contributed by atoms with Crippen LogP contribution in [0.1, 0.15) is 19.4 Å². The zero-order chi connectivity index (χ0) is 14.0. The van der Waals surface area contributed by atoms with E-state index >= 15 is 0 Å². The van der Waals surface area contributed by atoms with Crippen molar-refractivity contribution in [2.45, 2.75) is 36.8 Å². The average molecular weight is 304 g/mol. The highest BCUT2D eigenvalue weighted by molar-refractivity contribution is 7.91. The molecular weight excluding hydrogens is 284 g/mol. The van der Waals surface area contributed by atoms with E-state index in [0.29, 0.717) is 23.8 Å². The Hall–Kier alpha value is -0.470. The van der Waals surface area contributed by atoms with Crippen molar-refractivity contribution < 1.29 is 13.2 Å². The van der Waals surface area contributed by atoms with E-state index in [-0.39, 0.29) is 12.2 Å². The van der Waals surface area contributed by atoms with Crippen LogP contribution < -0.4 is 5.32 Å². The molecule has 0 spiro atoms. The number of hydrogen-bond donors (Lipinski definition) is 1. The Morgan fingerprint density at radius 2 is 2.05 bits per heavy atom. The van der Waals surface area contributed by atoms with Crippen molar-refractivity contribution in [2.24, 2.45) is 0 Å². The first-order valence-electron chi connectivity index (χ1n) is 6.31. The van der Waals surface area contributed by atoms with Gasteiger partial charge in [0, 0.05) is 19.6 Å². The van der Waals surface area contributed by atoms with Gasteiger partial charge in [0.15, 0.2) is 0 Å². The molecule has 2 unspecified atom stereocenters. The molecule has 108 valence electrons. The Morgan fingerprint density at radius 1 is 1.42 bits per heavy atom. The van der Waals surface area contributed by atoms with Crippen molar-refractivity contribution in [3.8, 4) is 0 Å². The van der Waals surface area contributed by atoms with E-state index in [1.165, 1.54) is 15.6 Å². The van der Waals surface area contributed by atoms with Gasteiger partial charge in [-0.15, -0.1) is 11.3 Å². The van der Waals surface area contributed by atoms with Gasteiger partial charge in [0.1, 0.15) is 4.21 Å². The number of rotatable bonds is 4. The highest BCUT2D eigenvalue weighted by Gasteiger charge is 2.32. The van der Waals surface area contributed by atoms with Crippen LogP contribution in [0.15, 0.2) is 15.7 Å². The van der Waals surface area contributed by atoms with E-state index in [4.69, 9.17) is 4.74 Å². The lowest BCUT2D eigenvalue weighted by Crippen LogP contribution is -2.47. The summed E-state index contributed by atoms with van der Waals surface area (Å²) in [6.45, 7) is 5.33. The molecule has 1 aliphatic heterocycles. The topological polar surface area (TPSA) is 58.6 Å². The predicted molar refractivity (Wildman–Crippen MR) is 75.9 cm³/mol. The monoisotopic (exact) mass is 304 g/mol. The summed E-state index contributed by atoms with van der Waals surface area (Å²) in [6.07, 6.45) is -0.120. The highest BCUT2D eigenvalue weighted by Crippen LogP contribution is 2.26. The number of nitrogens with zero attached hydrogens (tertiary/aromatic N) is 1. The average Bonchev–Trinajstić information content (AvgIpc) is 2.77. The second-order valence-corrected chi connectivity index (χ2v) is 7.96. The van der Waals surface area contributed by atoms with Gasteiger partial charge in [0.2, 0.25) is 0 Å². The van der Waals surface area contributed by atoms with E-state index < -0.39 is 10.0 Å². The Balaban J connectivity index is 2.20. The fourth-order valence-corrected chi connectivity index (χ4v) is 5.19. The van der Waals surface area contributed by atoms with Gasteiger partial charge in [-0.05, 0) is 37.9 Å².